The van der Waals surface area contributed by atoms with E-state index in [0.29, 0.717) is 19.8 Å². The molecule has 0 radical (unpaired) electrons. The Morgan fingerprint density at radius 2 is 2.24 bits per heavy atom. The lowest BCUT2D eigenvalue weighted by atomic mass is 9.70. The van der Waals surface area contributed by atoms with E-state index in [2.05, 4.69) is 0 Å². The average molecular weight is 243 g/mol. The van der Waals surface area contributed by atoms with Crippen LogP contribution in [0.15, 0.2) is 0 Å². The molecule has 2 aliphatic rings. The van der Waals surface area contributed by atoms with Crippen molar-refractivity contribution in [2.75, 3.05) is 26.4 Å². The van der Waals surface area contributed by atoms with Crippen LogP contribution in [0.4, 0.5) is 0 Å². The maximum absolute atomic E-state index is 10.7. The lowest BCUT2D eigenvalue weighted by Crippen LogP contribution is -2.55. The van der Waals surface area contributed by atoms with E-state index in [1.807, 2.05) is 13.8 Å². The van der Waals surface area contributed by atoms with Gasteiger partial charge in [-0.3, -0.25) is 0 Å². The van der Waals surface area contributed by atoms with Crippen molar-refractivity contribution >= 4 is 0 Å². The lowest BCUT2D eigenvalue weighted by Gasteiger charge is -2.46. The monoisotopic (exact) mass is 243 g/mol. The van der Waals surface area contributed by atoms with Crippen LogP contribution < -0.4 is 5.73 Å². The zero-order chi connectivity index (χ0) is 12.5. The SMILES string of the molecule is CC(C)C(O)(CN)C1CCOC2(CCOC2)C1. The number of hydrogen-bond donors (Lipinski definition) is 2. The Morgan fingerprint density at radius 3 is 2.76 bits per heavy atom. The molecule has 100 valence electrons. The molecular weight excluding hydrogens is 218 g/mol. The molecule has 0 aromatic rings. The number of rotatable bonds is 3. The van der Waals surface area contributed by atoms with Crippen molar-refractivity contribution in [1.82, 2.24) is 0 Å². The molecule has 0 aromatic heterocycles. The zero-order valence-electron chi connectivity index (χ0n) is 10.9. The van der Waals surface area contributed by atoms with Gasteiger partial charge in [0.2, 0.25) is 0 Å². The van der Waals surface area contributed by atoms with Gasteiger partial charge >= 0.3 is 0 Å². The van der Waals surface area contributed by atoms with Gasteiger partial charge in [0.1, 0.15) is 0 Å². The van der Waals surface area contributed by atoms with Crippen LogP contribution in [-0.2, 0) is 9.47 Å². The molecule has 2 heterocycles. The molecule has 0 saturated carbocycles. The van der Waals surface area contributed by atoms with Crippen molar-refractivity contribution in [3.63, 3.8) is 0 Å². The largest absolute Gasteiger partial charge is 0.388 e. The average Bonchev–Trinajstić information content (AvgIpc) is 2.76. The minimum absolute atomic E-state index is 0.152. The highest BCUT2D eigenvalue weighted by atomic mass is 16.6. The number of aliphatic hydroxyl groups is 1. The van der Waals surface area contributed by atoms with Crippen LogP contribution in [0.25, 0.3) is 0 Å². The molecular formula is C13H25NO3. The fourth-order valence-corrected chi connectivity index (χ4v) is 3.19. The fourth-order valence-electron chi connectivity index (χ4n) is 3.19. The van der Waals surface area contributed by atoms with Crippen LogP contribution in [0.2, 0.25) is 0 Å². The summed E-state index contributed by atoms with van der Waals surface area (Å²) in [6.45, 7) is 6.56. The van der Waals surface area contributed by atoms with Gasteiger partial charge in [-0.15, -0.1) is 0 Å². The summed E-state index contributed by atoms with van der Waals surface area (Å²) in [4.78, 5) is 0. The summed E-state index contributed by atoms with van der Waals surface area (Å²) in [7, 11) is 0. The molecule has 4 nitrogen and oxygen atoms in total. The maximum Gasteiger partial charge on any atom is 0.0940 e. The predicted octanol–water partition coefficient (Wildman–Crippen LogP) is 0.918. The molecule has 17 heavy (non-hydrogen) atoms. The van der Waals surface area contributed by atoms with E-state index >= 15 is 0 Å². The number of nitrogens with two attached hydrogens (primary N) is 1. The molecule has 0 amide bonds. The minimum atomic E-state index is -0.765. The van der Waals surface area contributed by atoms with Crippen LogP contribution in [-0.4, -0.2) is 42.7 Å². The van der Waals surface area contributed by atoms with Crippen molar-refractivity contribution in [2.24, 2.45) is 17.6 Å². The first-order chi connectivity index (χ1) is 8.02. The topological polar surface area (TPSA) is 64.7 Å². The lowest BCUT2D eigenvalue weighted by molar-refractivity contribution is -0.152. The Bertz CT molecular complexity index is 263. The Kier molecular flexibility index (Phi) is 3.78. The predicted molar refractivity (Wildman–Crippen MR) is 65.7 cm³/mol. The second-order valence-corrected chi connectivity index (χ2v) is 5.87. The molecule has 2 saturated heterocycles. The summed E-state index contributed by atoms with van der Waals surface area (Å²) in [6.07, 6.45) is 2.72. The minimum Gasteiger partial charge on any atom is -0.388 e. The van der Waals surface area contributed by atoms with Gasteiger partial charge in [0.25, 0.3) is 0 Å². The Labute approximate surface area is 103 Å². The van der Waals surface area contributed by atoms with Crippen LogP contribution in [0.5, 0.6) is 0 Å². The molecule has 3 atom stereocenters. The standard InChI is InChI=1S/C13H25NO3/c1-10(2)13(15,8-14)11-3-5-17-12(7-11)4-6-16-9-12/h10-11,15H,3-9,14H2,1-2H3. The van der Waals surface area contributed by atoms with Gasteiger partial charge in [-0.25, -0.2) is 0 Å². The molecule has 4 heteroatoms. The van der Waals surface area contributed by atoms with E-state index in [1.165, 1.54) is 0 Å². The molecule has 1 spiro atoms. The Morgan fingerprint density at radius 1 is 1.47 bits per heavy atom. The number of ether oxygens (including phenoxy) is 2. The summed E-state index contributed by atoms with van der Waals surface area (Å²) in [6, 6.07) is 0. The maximum atomic E-state index is 10.7. The molecule has 0 aliphatic carbocycles. The summed E-state index contributed by atoms with van der Waals surface area (Å²) in [5.41, 5.74) is 4.89. The highest BCUT2D eigenvalue weighted by Gasteiger charge is 2.48. The van der Waals surface area contributed by atoms with Crippen LogP contribution in [0, 0.1) is 11.8 Å². The summed E-state index contributed by atoms with van der Waals surface area (Å²) >= 11 is 0. The van der Waals surface area contributed by atoms with Gasteiger partial charge in [0.15, 0.2) is 0 Å². The van der Waals surface area contributed by atoms with Gasteiger partial charge in [0, 0.05) is 26.2 Å². The zero-order valence-corrected chi connectivity index (χ0v) is 10.9. The van der Waals surface area contributed by atoms with Gasteiger partial charge in [0.05, 0.1) is 17.8 Å². The van der Waals surface area contributed by atoms with E-state index in [4.69, 9.17) is 15.2 Å². The molecule has 2 fully saturated rings. The molecule has 2 aliphatic heterocycles. The van der Waals surface area contributed by atoms with E-state index in [0.717, 1.165) is 25.9 Å². The second-order valence-electron chi connectivity index (χ2n) is 5.87. The van der Waals surface area contributed by atoms with Gasteiger partial charge in [-0.05, 0) is 24.7 Å². The van der Waals surface area contributed by atoms with Gasteiger partial charge < -0.3 is 20.3 Å². The molecule has 3 N–H and O–H groups in total. The Hall–Kier alpha value is -0.160. The van der Waals surface area contributed by atoms with E-state index in [9.17, 15) is 5.11 Å². The third-order valence-corrected chi connectivity index (χ3v) is 4.59. The third-order valence-electron chi connectivity index (χ3n) is 4.59. The third kappa shape index (κ3) is 2.36. The highest BCUT2D eigenvalue weighted by Crippen LogP contribution is 2.42. The molecule has 2 rings (SSSR count). The Balaban J connectivity index is 2.10. The first-order valence-corrected chi connectivity index (χ1v) is 6.66. The summed E-state index contributed by atoms with van der Waals surface area (Å²) in [5, 5.41) is 10.7. The van der Waals surface area contributed by atoms with Crippen molar-refractivity contribution in [3.05, 3.63) is 0 Å². The van der Waals surface area contributed by atoms with Crippen LogP contribution in [0.3, 0.4) is 0 Å². The van der Waals surface area contributed by atoms with E-state index < -0.39 is 5.60 Å². The smallest absolute Gasteiger partial charge is 0.0940 e. The molecule has 0 bridgehead atoms. The van der Waals surface area contributed by atoms with Gasteiger partial charge in [-0.1, -0.05) is 13.8 Å². The normalized spacial score (nSPS) is 37.6. The van der Waals surface area contributed by atoms with Crippen molar-refractivity contribution in [3.8, 4) is 0 Å². The van der Waals surface area contributed by atoms with Gasteiger partial charge in [-0.2, -0.15) is 0 Å². The number of hydrogen-bond acceptors (Lipinski definition) is 4. The molecule has 3 unspecified atom stereocenters. The fraction of sp³-hybridized carbons (Fsp3) is 1.00. The van der Waals surface area contributed by atoms with Crippen LogP contribution >= 0.6 is 0 Å². The van der Waals surface area contributed by atoms with Crippen LogP contribution in [0.1, 0.15) is 33.1 Å². The molecule has 0 aromatic carbocycles. The summed E-state index contributed by atoms with van der Waals surface area (Å²) in [5.74, 6) is 0.401. The first kappa shape index (κ1) is 13.3. The van der Waals surface area contributed by atoms with Crippen molar-refractivity contribution in [2.45, 2.75) is 44.3 Å². The van der Waals surface area contributed by atoms with Crippen molar-refractivity contribution in [1.29, 1.82) is 0 Å². The van der Waals surface area contributed by atoms with E-state index in [-0.39, 0.29) is 17.4 Å². The summed E-state index contributed by atoms with van der Waals surface area (Å²) < 4.78 is 11.4. The highest BCUT2D eigenvalue weighted by molar-refractivity contribution is 4.99. The second kappa shape index (κ2) is 4.84. The van der Waals surface area contributed by atoms with E-state index in [1.54, 1.807) is 0 Å². The first-order valence-electron chi connectivity index (χ1n) is 6.66. The quantitative estimate of drug-likeness (QED) is 0.773. The van der Waals surface area contributed by atoms with Crippen molar-refractivity contribution < 1.29 is 14.6 Å².